The normalized spacial score (nSPS) is 11.8. The Hall–Kier alpha value is -1.79. The van der Waals surface area contributed by atoms with Crippen LogP contribution in [-0.2, 0) is 9.53 Å². The molecule has 1 atom stereocenters. The highest BCUT2D eigenvalue weighted by Gasteiger charge is 2.17. The van der Waals surface area contributed by atoms with Crippen molar-refractivity contribution < 1.29 is 14.3 Å². The fourth-order valence-electron chi connectivity index (χ4n) is 1.49. The molecule has 0 aliphatic carbocycles. The lowest BCUT2D eigenvalue weighted by Gasteiger charge is -2.15. The smallest absolute Gasteiger partial charge is 0.254 e. The molecule has 0 aliphatic heterocycles. The van der Waals surface area contributed by atoms with Gasteiger partial charge in [0, 0.05) is 24.4 Å². The minimum Gasteiger partial charge on any atom is -0.398 e. The Bertz CT molecular complexity index is 494. The average molecular weight is 300 g/mol. The van der Waals surface area contributed by atoms with Gasteiger partial charge in [0.2, 0.25) is 5.91 Å². The number of nitrogens with two attached hydrogens (primary N) is 1. The van der Waals surface area contributed by atoms with E-state index in [1.54, 1.807) is 26.2 Å². The lowest BCUT2D eigenvalue weighted by molar-refractivity contribution is -0.122. The summed E-state index contributed by atoms with van der Waals surface area (Å²) in [6, 6.07) is 3.91. The van der Waals surface area contributed by atoms with Gasteiger partial charge in [0.25, 0.3) is 5.91 Å². The number of methoxy groups -OCH3 is 1. The summed E-state index contributed by atoms with van der Waals surface area (Å²) >= 11 is 5.82. The number of halogens is 1. The van der Waals surface area contributed by atoms with Crippen LogP contribution in [0.3, 0.4) is 0 Å². The first-order chi connectivity index (χ1) is 9.45. The second kappa shape index (κ2) is 7.72. The maximum absolute atomic E-state index is 12.0. The Kier molecular flexibility index (Phi) is 6.27. The third-order valence-electron chi connectivity index (χ3n) is 2.61. The maximum Gasteiger partial charge on any atom is 0.254 e. The number of anilines is 1. The Labute approximate surface area is 122 Å². The van der Waals surface area contributed by atoms with Crippen LogP contribution >= 0.6 is 11.6 Å². The molecular formula is C13H18ClN3O3. The first kappa shape index (κ1) is 16.3. The summed E-state index contributed by atoms with van der Waals surface area (Å²) in [6.45, 7) is 2.38. The van der Waals surface area contributed by atoms with Gasteiger partial charge in [-0.2, -0.15) is 0 Å². The van der Waals surface area contributed by atoms with Crippen LogP contribution in [0.15, 0.2) is 18.2 Å². The second-order valence-electron chi connectivity index (χ2n) is 4.21. The molecule has 110 valence electrons. The summed E-state index contributed by atoms with van der Waals surface area (Å²) in [6.07, 6.45) is 0. The molecule has 0 bridgehead atoms. The van der Waals surface area contributed by atoms with Gasteiger partial charge in [0.15, 0.2) is 0 Å². The number of hydrogen-bond donors (Lipinski definition) is 3. The van der Waals surface area contributed by atoms with E-state index in [2.05, 4.69) is 10.6 Å². The highest BCUT2D eigenvalue weighted by atomic mass is 35.5. The molecule has 2 amide bonds. The standard InChI is InChI=1S/C13H18ClN3O3/c1-8(12(18)16-5-6-20-2)17-13(19)10-7-9(14)3-4-11(10)15/h3-4,7-8H,5-6,15H2,1-2H3,(H,16,18)(H,17,19). The van der Waals surface area contributed by atoms with E-state index in [9.17, 15) is 9.59 Å². The van der Waals surface area contributed by atoms with Crippen molar-refractivity contribution in [3.8, 4) is 0 Å². The number of rotatable bonds is 6. The van der Waals surface area contributed by atoms with Gasteiger partial charge >= 0.3 is 0 Å². The number of ether oxygens (including phenoxy) is 1. The van der Waals surface area contributed by atoms with Crippen LogP contribution in [0, 0.1) is 0 Å². The van der Waals surface area contributed by atoms with Crippen molar-refractivity contribution in [2.45, 2.75) is 13.0 Å². The van der Waals surface area contributed by atoms with Gasteiger partial charge < -0.3 is 21.1 Å². The summed E-state index contributed by atoms with van der Waals surface area (Å²) in [5.74, 6) is -0.740. The van der Waals surface area contributed by atoms with Crippen LogP contribution < -0.4 is 16.4 Å². The van der Waals surface area contributed by atoms with Crippen molar-refractivity contribution in [3.63, 3.8) is 0 Å². The van der Waals surface area contributed by atoms with E-state index >= 15 is 0 Å². The number of hydrogen-bond acceptors (Lipinski definition) is 4. The number of benzene rings is 1. The Balaban J connectivity index is 2.61. The highest BCUT2D eigenvalue weighted by molar-refractivity contribution is 6.31. The van der Waals surface area contributed by atoms with Gasteiger partial charge in [-0.1, -0.05) is 11.6 Å². The van der Waals surface area contributed by atoms with Gasteiger partial charge in [-0.25, -0.2) is 0 Å². The minimum absolute atomic E-state index is 0.244. The third kappa shape index (κ3) is 4.71. The van der Waals surface area contributed by atoms with E-state index in [0.29, 0.717) is 23.9 Å². The third-order valence-corrected chi connectivity index (χ3v) is 2.84. The summed E-state index contributed by atoms with van der Waals surface area (Å²) < 4.78 is 4.82. The summed E-state index contributed by atoms with van der Waals surface area (Å²) in [4.78, 5) is 23.7. The van der Waals surface area contributed by atoms with Gasteiger partial charge in [-0.05, 0) is 25.1 Å². The van der Waals surface area contributed by atoms with Crippen LogP contribution in [-0.4, -0.2) is 38.1 Å². The summed E-state index contributed by atoms with van der Waals surface area (Å²) in [5, 5.41) is 5.59. The van der Waals surface area contributed by atoms with Gasteiger partial charge in [-0.15, -0.1) is 0 Å². The molecule has 0 fully saturated rings. The monoisotopic (exact) mass is 299 g/mol. The number of carbonyl (C=O) groups excluding carboxylic acids is 2. The Morgan fingerprint density at radius 3 is 2.80 bits per heavy atom. The van der Waals surface area contributed by atoms with Gasteiger partial charge in [0.1, 0.15) is 6.04 Å². The minimum atomic E-state index is -0.683. The average Bonchev–Trinajstić information content (AvgIpc) is 2.41. The van der Waals surface area contributed by atoms with Crippen LogP contribution in [0.4, 0.5) is 5.69 Å². The first-order valence-electron chi connectivity index (χ1n) is 6.08. The fraction of sp³-hybridized carbons (Fsp3) is 0.385. The Morgan fingerprint density at radius 2 is 2.15 bits per heavy atom. The molecule has 0 spiro atoms. The zero-order valence-corrected chi connectivity index (χ0v) is 12.2. The van der Waals surface area contributed by atoms with E-state index < -0.39 is 11.9 Å². The molecule has 0 heterocycles. The molecule has 0 radical (unpaired) electrons. The summed E-state index contributed by atoms with van der Waals surface area (Å²) in [5.41, 5.74) is 6.25. The molecule has 20 heavy (non-hydrogen) atoms. The van der Waals surface area contributed by atoms with E-state index in [1.807, 2.05) is 0 Å². The van der Waals surface area contributed by atoms with Crippen LogP contribution in [0.25, 0.3) is 0 Å². The van der Waals surface area contributed by atoms with Crippen molar-refractivity contribution in [2.24, 2.45) is 0 Å². The largest absolute Gasteiger partial charge is 0.398 e. The Morgan fingerprint density at radius 1 is 1.45 bits per heavy atom. The molecule has 0 saturated heterocycles. The van der Waals surface area contributed by atoms with Crippen molar-refractivity contribution in [1.29, 1.82) is 0 Å². The molecule has 1 rings (SSSR count). The molecule has 1 aromatic carbocycles. The lowest BCUT2D eigenvalue weighted by atomic mass is 10.1. The molecule has 1 unspecified atom stereocenters. The number of nitrogen functional groups attached to an aromatic ring is 1. The molecule has 0 aliphatic rings. The molecule has 1 aromatic rings. The number of amides is 2. The van der Waals surface area contributed by atoms with Crippen LogP contribution in [0.2, 0.25) is 5.02 Å². The summed E-state index contributed by atoms with van der Waals surface area (Å²) in [7, 11) is 1.54. The predicted molar refractivity (Wildman–Crippen MR) is 77.7 cm³/mol. The zero-order chi connectivity index (χ0) is 15.1. The molecule has 6 nitrogen and oxygen atoms in total. The fourth-order valence-corrected chi connectivity index (χ4v) is 1.67. The predicted octanol–water partition coefficient (Wildman–Crippen LogP) is 0.803. The van der Waals surface area contributed by atoms with Crippen molar-refractivity contribution >= 4 is 29.1 Å². The van der Waals surface area contributed by atoms with E-state index in [-0.39, 0.29) is 11.5 Å². The zero-order valence-electron chi connectivity index (χ0n) is 11.4. The number of carbonyl (C=O) groups is 2. The first-order valence-corrected chi connectivity index (χ1v) is 6.46. The quantitative estimate of drug-likeness (QED) is 0.535. The highest BCUT2D eigenvalue weighted by Crippen LogP contribution is 2.17. The molecular weight excluding hydrogens is 282 g/mol. The van der Waals surface area contributed by atoms with Crippen molar-refractivity contribution in [1.82, 2.24) is 10.6 Å². The van der Waals surface area contributed by atoms with E-state index in [4.69, 9.17) is 22.1 Å². The topological polar surface area (TPSA) is 93.5 Å². The maximum atomic E-state index is 12.0. The SMILES string of the molecule is COCCNC(=O)C(C)NC(=O)c1cc(Cl)ccc1N. The molecule has 0 aromatic heterocycles. The second-order valence-corrected chi connectivity index (χ2v) is 4.65. The van der Waals surface area contributed by atoms with E-state index in [0.717, 1.165) is 0 Å². The van der Waals surface area contributed by atoms with E-state index in [1.165, 1.54) is 6.07 Å². The van der Waals surface area contributed by atoms with Gasteiger partial charge in [-0.3, -0.25) is 9.59 Å². The van der Waals surface area contributed by atoms with Crippen LogP contribution in [0.5, 0.6) is 0 Å². The van der Waals surface area contributed by atoms with Crippen LogP contribution in [0.1, 0.15) is 17.3 Å². The lowest BCUT2D eigenvalue weighted by Crippen LogP contribution is -2.45. The van der Waals surface area contributed by atoms with Crippen molar-refractivity contribution in [2.75, 3.05) is 26.0 Å². The molecule has 0 saturated carbocycles. The van der Waals surface area contributed by atoms with Gasteiger partial charge in [0.05, 0.1) is 12.2 Å². The molecule has 7 heteroatoms. The number of nitrogens with one attached hydrogen (secondary N) is 2. The molecule has 4 N–H and O–H groups in total. The van der Waals surface area contributed by atoms with Crippen molar-refractivity contribution in [3.05, 3.63) is 28.8 Å².